The highest BCUT2D eigenvalue weighted by Crippen LogP contribution is 2.30. The summed E-state index contributed by atoms with van der Waals surface area (Å²) in [6, 6.07) is 9.73. The molecule has 0 radical (unpaired) electrons. The number of aryl methyl sites for hydroxylation is 1. The van der Waals surface area contributed by atoms with Crippen LogP contribution in [0.3, 0.4) is 0 Å². The van der Waals surface area contributed by atoms with Crippen LogP contribution < -0.4 is 5.73 Å². The van der Waals surface area contributed by atoms with Gasteiger partial charge in [0.1, 0.15) is 17.1 Å². The van der Waals surface area contributed by atoms with Crippen molar-refractivity contribution in [2.75, 3.05) is 0 Å². The lowest BCUT2D eigenvalue weighted by Crippen LogP contribution is -2.21. The largest absolute Gasteiger partial charge is 0.390 e. The van der Waals surface area contributed by atoms with E-state index in [0.717, 1.165) is 0 Å². The number of carbonyl (C=O) groups excluding carboxylic acids is 1. The Bertz CT molecular complexity index is 1290. The van der Waals surface area contributed by atoms with E-state index >= 15 is 0 Å². The number of rotatable bonds is 5. The maximum Gasteiger partial charge on any atom is 0.254 e. The van der Waals surface area contributed by atoms with Gasteiger partial charge in [0.25, 0.3) is 5.91 Å². The first-order chi connectivity index (χ1) is 14.6. The number of hydrogen-bond donors (Lipinski definition) is 2. The van der Waals surface area contributed by atoms with E-state index in [1.807, 2.05) is 6.07 Å². The second kappa shape index (κ2) is 7.55. The molecule has 0 aliphatic carbocycles. The van der Waals surface area contributed by atoms with Crippen LogP contribution in [0.5, 0.6) is 0 Å². The molecule has 3 N–H and O–H groups in total. The monoisotopic (exact) mass is 419 g/mol. The molecule has 4 aromatic rings. The van der Waals surface area contributed by atoms with E-state index in [-0.39, 0.29) is 17.8 Å². The third-order valence-electron chi connectivity index (χ3n) is 4.91. The minimum atomic E-state index is -1.02. The van der Waals surface area contributed by atoms with Crippen LogP contribution in [0, 0.1) is 12.7 Å². The Morgan fingerprint density at radius 1 is 1.23 bits per heavy atom. The fraction of sp³-hybridized carbons (Fsp3) is 0.217. The van der Waals surface area contributed by atoms with E-state index in [2.05, 4.69) is 15.0 Å². The van der Waals surface area contributed by atoms with Crippen LogP contribution in [0.2, 0.25) is 0 Å². The predicted octanol–water partition coefficient (Wildman–Crippen LogP) is 3.34. The lowest BCUT2D eigenvalue weighted by Gasteiger charge is -2.16. The van der Waals surface area contributed by atoms with Gasteiger partial charge in [0.05, 0.1) is 16.8 Å². The minimum absolute atomic E-state index is 0.163. The second-order valence-electron chi connectivity index (χ2n) is 8.09. The summed E-state index contributed by atoms with van der Waals surface area (Å²) in [5.74, 6) is -0.455. The van der Waals surface area contributed by atoms with Crippen molar-refractivity contribution in [3.05, 3.63) is 71.4 Å². The number of aromatic nitrogens is 4. The van der Waals surface area contributed by atoms with Gasteiger partial charge in [-0.2, -0.15) is 0 Å². The first-order valence-corrected chi connectivity index (χ1v) is 9.76. The normalized spacial score (nSPS) is 11.8. The molecule has 158 valence electrons. The summed E-state index contributed by atoms with van der Waals surface area (Å²) >= 11 is 0. The number of amides is 1. The van der Waals surface area contributed by atoms with E-state index in [0.29, 0.717) is 33.7 Å². The summed E-state index contributed by atoms with van der Waals surface area (Å²) < 4.78 is 15.7. The third-order valence-corrected chi connectivity index (χ3v) is 4.91. The van der Waals surface area contributed by atoms with Gasteiger partial charge in [-0.3, -0.25) is 9.78 Å². The summed E-state index contributed by atoms with van der Waals surface area (Å²) in [4.78, 5) is 25.6. The van der Waals surface area contributed by atoms with Gasteiger partial charge in [-0.25, -0.2) is 14.4 Å². The molecule has 0 saturated heterocycles. The molecule has 31 heavy (non-hydrogen) atoms. The number of nitrogens with zero attached hydrogens (tertiary/aromatic N) is 4. The number of hydrogen-bond acceptors (Lipinski definition) is 5. The van der Waals surface area contributed by atoms with Gasteiger partial charge < -0.3 is 15.4 Å². The van der Waals surface area contributed by atoms with Crippen molar-refractivity contribution in [2.24, 2.45) is 5.73 Å². The maximum absolute atomic E-state index is 14.0. The van der Waals surface area contributed by atoms with E-state index in [4.69, 9.17) is 5.73 Å². The molecule has 3 aromatic heterocycles. The number of benzene rings is 1. The van der Waals surface area contributed by atoms with Crippen molar-refractivity contribution in [3.8, 4) is 17.3 Å². The topological polar surface area (TPSA) is 107 Å². The molecule has 3 heterocycles. The molecule has 0 spiro atoms. The van der Waals surface area contributed by atoms with Gasteiger partial charge in [-0.05, 0) is 56.7 Å². The zero-order chi connectivity index (χ0) is 22.3. The molecule has 8 heteroatoms. The van der Waals surface area contributed by atoms with Crippen LogP contribution in [0.15, 0.2) is 48.8 Å². The van der Waals surface area contributed by atoms with E-state index in [9.17, 15) is 14.3 Å². The fourth-order valence-electron chi connectivity index (χ4n) is 3.68. The number of pyridine rings is 1. The molecular formula is C23H22FN5O2. The smallest absolute Gasteiger partial charge is 0.254 e. The first kappa shape index (κ1) is 20.6. The Kier molecular flexibility index (Phi) is 5.02. The highest BCUT2D eigenvalue weighted by atomic mass is 19.1. The van der Waals surface area contributed by atoms with Crippen LogP contribution in [0.4, 0.5) is 4.39 Å². The summed E-state index contributed by atoms with van der Waals surface area (Å²) in [5, 5.41) is 11.0. The molecule has 0 aliphatic rings. The standard InChI is InChI=1S/C23H22FN5O2/c1-13-19(20(25)30)22(28-21(27-13)17-6-4-5-9-26-17)29-12-14(11-23(2,3)31)16-10-15(24)7-8-18(16)29/h4-10,12,31H,11H2,1-3H3,(H2,25,30). The zero-order valence-electron chi connectivity index (χ0n) is 17.4. The average Bonchev–Trinajstić information content (AvgIpc) is 3.03. The van der Waals surface area contributed by atoms with E-state index in [1.165, 1.54) is 12.1 Å². The van der Waals surface area contributed by atoms with Gasteiger partial charge >= 0.3 is 0 Å². The molecule has 1 amide bonds. The first-order valence-electron chi connectivity index (χ1n) is 9.76. The van der Waals surface area contributed by atoms with Crippen molar-refractivity contribution in [3.63, 3.8) is 0 Å². The van der Waals surface area contributed by atoms with Crippen molar-refractivity contribution in [1.29, 1.82) is 0 Å². The number of halogens is 1. The van der Waals surface area contributed by atoms with Crippen LogP contribution in [-0.4, -0.2) is 36.1 Å². The minimum Gasteiger partial charge on any atom is -0.390 e. The molecule has 7 nitrogen and oxygen atoms in total. The van der Waals surface area contributed by atoms with E-state index in [1.54, 1.807) is 55.9 Å². The number of aliphatic hydroxyl groups is 1. The molecular weight excluding hydrogens is 397 g/mol. The van der Waals surface area contributed by atoms with Gasteiger partial charge in [-0.1, -0.05) is 6.07 Å². The molecule has 1 aromatic carbocycles. The lowest BCUT2D eigenvalue weighted by molar-refractivity contribution is 0.0812. The number of fused-ring (bicyclic) bond motifs is 1. The van der Waals surface area contributed by atoms with Gasteiger partial charge in [0.15, 0.2) is 11.6 Å². The Labute approximate surface area is 178 Å². The molecule has 0 saturated carbocycles. The van der Waals surface area contributed by atoms with Crippen molar-refractivity contribution in [2.45, 2.75) is 32.8 Å². The average molecular weight is 419 g/mol. The predicted molar refractivity (Wildman–Crippen MR) is 115 cm³/mol. The second-order valence-corrected chi connectivity index (χ2v) is 8.09. The van der Waals surface area contributed by atoms with Crippen LogP contribution in [0.1, 0.15) is 35.5 Å². The van der Waals surface area contributed by atoms with Gasteiger partial charge in [-0.15, -0.1) is 0 Å². The molecule has 0 unspecified atom stereocenters. The molecule has 0 atom stereocenters. The Morgan fingerprint density at radius 2 is 2.00 bits per heavy atom. The summed E-state index contributed by atoms with van der Waals surface area (Å²) in [5.41, 5.74) is 7.12. The van der Waals surface area contributed by atoms with Crippen molar-refractivity contribution >= 4 is 16.8 Å². The summed E-state index contributed by atoms with van der Waals surface area (Å²) in [6.07, 6.45) is 3.66. The van der Waals surface area contributed by atoms with Crippen LogP contribution in [-0.2, 0) is 6.42 Å². The van der Waals surface area contributed by atoms with Crippen molar-refractivity contribution in [1.82, 2.24) is 19.5 Å². The summed E-state index contributed by atoms with van der Waals surface area (Å²) in [6.45, 7) is 5.04. The number of carbonyl (C=O) groups is 1. The Hall–Kier alpha value is -3.65. The quantitative estimate of drug-likeness (QED) is 0.516. The molecule has 0 bridgehead atoms. The van der Waals surface area contributed by atoms with Crippen molar-refractivity contribution < 1.29 is 14.3 Å². The Morgan fingerprint density at radius 3 is 2.65 bits per heavy atom. The highest BCUT2D eigenvalue weighted by molar-refractivity contribution is 5.98. The highest BCUT2D eigenvalue weighted by Gasteiger charge is 2.23. The SMILES string of the molecule is Cc1nc(-c2ccccn2)nc(-n2cc(CC(C)(C)O)c3cc(F)ccc32)c1C(N)=O. The molecule has 0 aliphatic heterocycles. The van der Waals surface area contributed by atoms with E-state index < -0.39 is 17.3 Å². The number of nitrogens with two attached hydrogens (primary N) is 1. The van der Waals surface area contributed by atoms with Gasteiger partial charge in [0.2, 0.25) is 0 Å². The number of primary amides is 1. The fourth-order valence-corrected chi connectivity index (χ4v) is 3.68. The van der Waals surface area contributed by atoms with Crippen LogP contribution >= 0.6 is 0 Å². The molecule has 4 rings (SSSR count). The summed E-state index contributed by atoms with van der Waals surface area (Å²) in [7, 11) is 0. The lowest BCUT2D eigenvalue weighted by atomic mass is 9.98. The van der Waals surface area contributed by atoms with Crippen LogP contribution in [0.25, 0.3) is 28.2 Å². The third kappa shape index (κ3) is 4.02. The molecule has 0 fully saturated rings. The Balaban J connectivity index is 2.03. The van der Waals surface area contributed by atoms with Gasteiger partial charge in [0, 0.05) is 24.2 Å². The zero-order valence-corrected chi connectivity index (χ0v) is 17.4. The maximum atomic E-state index is 14.0.